The third kappa shape index (κ3) is 1.84. The first-order valence-corrected chi connectivity index (χ1v) is 3.73. The normalized spacial score (nSPS) is 11.2. The summed E-state index contributed by atoms with van der Waals surface area (Å²) < 4.78 is 5.88. The van der Waals surface area contributed by atoms with Crippen LogP contribution in [0.1, 0.15) is 12.2 Å². The summed E-state index contributed by atoms with van der Waals surface area (Å²) in [5.74, 6) is 0.176. The molecule has 1 aromatic rings. The standard InChI is InChI=1S/C8H11N2O2/c1-3-4-5-6-10-7(2)9-12-8(10)11/h4-5H,1,3,6H2,2H3/b5-4+. The molecule has 1 rings (SSSR count). The van der Waals surface area contributed by atoms with Crippen molar-refractivity contribution in [2.24, 2.45) is 0 Å². The number of hydrogen-bond donors (Lipinski definition) is 0. The predicted molar refractivity (Wildman–Crippen MR) is 44.6 cm³/mol. The first-order chi connectivity index (χ1) is 5.75. The monoisotopic (exact) mass is 167 g/mol. The number of aromatic nitrogens is 2. The van der Waals surface area contributed by atoms with Crippen molar-refractivity contribution in [1.82, 2.24) is 9.72 Å². The molecular weight excluding hydrogens is 156 g/mol. The molecule has 4 nitrogen and oxygen atoms in total. The molecule has 0 fully saturated rings. The Morgan fingerprint density at radius 3 is 2.92 bits per heavy atom. The van der Waals surface area contributed by atoms with Crippen molar-refractivity contribution in [2.45, 2.75) is 19.9 Å². The third-order valence-electron chi connectivity index (χ3n) is 1.49. The van der Waals surface area contributed by atoms with Gasteiger partial charge in [-0.2, -0.15) is 0 Å². The molecule has 0 unspecified atom stereocenters. The molecule has 12 heavy (non-hydrogen) atoms. The SMILES string of the molecule is [CH2]C/C=C/Cn1c(C)noc1=O. The van der Waals surface area contributed by atoms with Gasteiger partial charge in [-0.15, -0.1) is 0 Å². The van der Waals surface area contributed by atoms with Crippen molar-refractivity contribution >= 4 is 0 Å². The van der Waals surface area contributed by atoms with Crippen LogP contribution in [0.5, 0.6) is 0 Å². The number of hydrogen-bond acceptors (Lipinski definition) is 3. The largest absolute Gasteiger partial charge is 0.441 e. The molecule has 1 heterocycles. The van der Waals surface area contributed by atoms with E-state index in [1.807, 2.05) is 12.2 Å². The first kappa shape index (κ1) is 8.77. The molecule has 0 aromatic carbocycles. The molecule has 0 aliphatic heterocycles. The lowest BCUT2D eigenvalue weighted by molar-refractivity contribution is 0.376. The molecule has 4 heteroatoms. The van der Waals surface area contributed by atoms with Crippen LogP contribution in [0.2, 0.25) is 0 Å². The Hall–Kier alpha value is -1.32. The van der Waals surface area contributed by atoms with Gasteiger partial charge in [0.1, 0.15) is 0 Å². The van der Waals surface area contributed by atoms with Crippen LogP contribution in [0.15, 0.2) is 21.5 Å². The second-order valence-electron chi connectivity index (χ2n) is 2.37. The highest BCUT2D eigenvalue weighted by Crippen LogP contribution is 1.90. The van der Waals surface area contributed by atoms with E-state index < -0.39 is 5.76 Å². The van der Waals surface area contributed by atoms with Crippen molar-refractivity contribution < 1.29 is 4.52 Å². The minimum absolute atomic E-state index is 0.416. The fraction of sp³-hybridized carbons (Fsp3) is 0.375. The summed E-state index contributed by atoms with van der Waals surface area (Å²) in [4.78, 5) is 10.9. The zero-order valence-electron chi connectivity index (χ0n) is 6.99. The zero-order valence-corrected chi connectivity index (χ0v) is 6.99. The maximum atomic E-state index is 10.9. The Bertz CT molecular complexity index is 322. The lowest BCUT2D eigenvalue weighted by Crippen LogP contribution is -2.14. The molecule has 1 radical (unpaired) electrons. The minimum atomic E-state index is -0.416. The lowest BCUT2D eigenvalue weighted by atomic mass is 10.4. The zero-order chi connectivity index (χ0) is 8.97. The number of nitrogens with zero attached hydrogens (tertiary/aromatic N) is 2. The number of rotatable bonds is 3. The van der Waals surface area contributed by atoms with Crippen molar-refractivity contribution in [2.75, 3.05) is 0 Å². The molecule has 0 aliphatic carbocycles. The number of aryl methyl sites for hydroxylation is 1. The topological polar surface area (TPSA) is 48.0 Å². The Morgan fingerprint density at radius 1 is 1.67 bits per heavy atom. The summed E-state index contributed by atoms with van der Waals surface area (Å²) >= 11 is 0. The number of allylic oxidation sites excluding steroid dienone is 2. The maximum absolute atomic E-state index is 10.9. The summed E-state index contributed by atoms with van der Waals surface area (Å²) in [5.41, 5.74) is 0. The average Bonchev–Trinajstić information content (AvgIpc) is 2.35. The van der Waals surface area contributed by atoms with Crippen molar-refractivity contribution in [1.29, 1.82) is 0 Å². The maximum Gasteiger partial charge on any atom is 0.441 e. The van der Waals surface area contributed by atoms with E-state index in [9.17, 15) is 4.79 Å². The van der Waals surface area contributed by atoms with Crippen LogP contribution in [-0.4, -0.2) is 9.72 Å². The van der Waals surface area contributed by atoms with Gasteiger partial charge in [0.05, 0.1) is 0 Å². The van der Waals surface area contributed by atoms with E-state index in [1.165, 1.54) is 4.57 Å². The van der Waals surface area contributed by atoms with Gasteiger partial charge < -0.3 is 0 Å². The highest BCUT2D eigenvalue weighted by molar-refractivity contribution is 4.87. The van der Waals surface area contributed by atoms with Crippen LogP contribution >= 0.6 is 0 Å². The van der Waals surface area contributed by atoms with Crippen molar-refractivity contribution in [3.63, 3.8) is 0 Å². The van der Waals surface area contributed by atoms with Gasteiger partial charge in [-0.25, -0.2) is 4.79 Å². The second-order valence-corrected chi connectivity index (χ2v) is 2.37. The van der Waals surface area contributed by atoms with E-state index in [0.717, 1.165) is 6.42 Å². The Labute approximate surface area is 70.5 Å². The summed E-state index contributed by atoms with van der Waals surface area (Å²) in [6.45, 7) is 5.86. The summed E-state index contributed by atoms with van der Waals surface area (Å²) in [7, 11) is 0. The molecule has 0 saturated carbocycles. The quantitative estimate of drug-likeness (QED) is 0.629. The van der Waals surface area contributed by atoms with Crippen molar-refractivity contribution in [3.05, 3.63) is 35.5 Å². The van der Waals surface area contributed by atoms with E-state index in [0.29, 0.717) is 12.4 Å². The average molecular weight is 167 g/mol. The van der Waals surface area contributed by atoms with Crippen LogP contribution in [0.3, 0.4) is 0 Å². The third-order valence-corrected chi connectivity index (χ3v) is 1.49. The fourth-order valence-corrected chi connectivity index (χ4v) is 0.840. The Kier molecular flexibility index (Phi) is 2.85. The van der Waals surface area contributed by atoms with Gasteiger partial charge in [-0.1, -0.05) is 17.3 Å². The summed E-state index contributed by atoms with van der Waals surface area (Å²) in [6.07, 6.45) is 4.47. The molecule has 0 saturated heterocycles. The molecule has 0 N–H and O–H groups in total. The van der Waals surface area contributed by atoms with Crippen LogP contribution in [-0.2, 0) is 6.54 Å². The van der Waals surface area contributed by atoms with Gasteiger partial charge in [0.25, 0.3) is 0 Å². The Morgan fingerprint density at radius 2 is 2.42 bits per heavy atom. The highest BCUT2D eigenvalue weighted by atomic mass is 16.5. The molecule has 0 atom stereocenters. The highest BCUT2D eigenvalue weighted by Gasteiger charge is 2.01. The molecular formula is C8H11N2O2. The van der Waals surface area contributed by atoms with Crippen LogP contribution < -0.4 is 5.76 Å². The van der Waals surface area contributed by atoms with E-state index in [-0.39, 0.29) is 0 Å². The predicted octanol–water partition coefficient (Wildman–Crippen LogP) is 0.925. The van der Waals surface area contributed by atoms with Gasteiger partial charge in [0.2, 0.25) is 0 Å². The van der Waals surface area contributed by atoms with Gasteiger partial charge >= 0.3 is 5.76 Å². The van der Waals surface area contributed by atoms with Gasteiger partial charge in [0, 0.05) is 6.54 Å². The van der Waals surface area contributed by atoms with Gasteiger partial charge in [0.15, 0.2) is 5.82 Å². The van der Waals surface area contributed by atoms with E-state index >= 15 is 0 Å². The van der Waals surface area contributed by atoms with Crippen LogP contribution in [0, 0.1) is 13.8 Å². The first-order valence-electron chi connectivity index (χ1n) is 3.73. The smallest absolute Gasteiger partial charge is 0.296 e. The lowest BCUT2D eigenvalue weighted by Gasteiger charge is -1.93. The van der Waals surface area contributed by atoms with Crippen LogP contribution in [0.4, 0.5) is 0 Å². The van der Waals surface area contributed by atoms with E-state index in [1.54, 1.807) is 6.92 Å². The molecule has 0 amide bonds. The molecule has 65 valence electrons. The fourth-order valence-electron chi connectivity index (χ4n) is 0.840. The van der Waals surface area contributed by atoms with Crippen LogP contribution in [0.25, 0.3) is 0 Å². The van der Waals surface area contributed by atoms with Gasteiger partial charge in [-0.3, -0.25) is 9.09 Å². The second kappa shape index (κ2) is 3.90. The van der Waals surface area contributed by atoms with E-state index in [4.69, 9.17) is 0 Å². The molecule has 0 spiro atoms. The van der Waals surface area contributed by atoms with E-state index in [2.05, 4.69) is 16.6 Å². The molecule has 1 aromatic heterocycles. The molecule has 0 bridgehead atoms. The summed E-state index contributed by atoms with van der Waals surface area (Å²) in [6, 6.07) is 0. The Balaban J connectivity index is 2.74. The minimum Gasteiger partial charge on any atom is -0.296 e. The summed E-state index contributed by atoms with van der Waals surface area (Å²) in [5, 5.41) is 3.52. The van der Waals surface area contributed by atoms with Gasteiger partial charge in [-0.05, 0) is 20.3 Å². The van der Waals surface area contributed by atoms with Crippen molar-refractivity contribution in [3.8, 4) is 0 Å². The molecule has 0 aliphatic rings.